The fourth-order valence-corrected chi connectivity index (χ4v) is 2.32. The number of pyridine rings is 1. The highest BCUT2D eigenvalue weighted by Gasteiger charge is 2.16. The van der Waals surface area contributed by atoms with Crippen molar-refractivity contribution in [1.29, 1.82) is 0 Å². The Balaban J connectivity index is 1.98. The van der Waals surface area contributed by atoms with E-state index >= 15 is 0 Å². The van der Waals surface area contributed by atoms with Crippen molar-refractivity contribution in [2.24, 2.45) is 0 Å². The van der Waals surface area contributed by atoms with Gasteiger partial charge in [0.25, 0.3) is 0 Å². The van der Waals surface area contributed by atoms with Gasteiger partial charge in [-0.1, -0.05) is 25.1 Å². The summed E-state index contributed by atoms with van der Waals surface area (Å²) in [7, 11) is 3.41. The highest BCUT2D eigenvalue weighted by Crippen LogP contribution is 2.20. The summed E-state index contributed by atoms with van der Waals surface area (Å²) in [6.07, 6.45) is 2.54. The Morgan fingerprint density at radius 2 is 2.00 bits per heavy atom. The third-order valence-corrected chi connectivity index (χ3v) is 3.70. The number of rotatable bonds is 6. The van der Waals surface area contributed by atoms with E-state index < -0.39 is 0 Å². The molecule has 0 aliphatic carbocycles. The molecule has 1 aromatic carbocycles. The van der Waals surface area contributed by atoms with Crippen LogP contribution >= 0.6 is 0 Å². The van der Waals surface area contributed by atoms with Crippen molar-refractivity contribution in [3.63, 3.8) is 0 Å². The molecule has 0 saturated carbocycles. The van der Waals surface area contributed by atoms with Crippen molar-refractivity contribution in [2.75, 3.05) is 14.2 Å². The average Bonchev–Trinajstić information content (AvgIpc) is 2.60. The van der Waals surface area contributed by atoms with Crippen molar-refractivity contribution >= 4 is 6.03 Å². The van der Waals surface area contributed by atoms with E-state index in [1.807, 2.05) is 49.4 Å². The van der Waals surface area contributed by atoms with Crippen molar-refractivity contribution in [2.45, 2.75) is 25.9 Å². The van der Waals surface area contributed by atoms with Gasteiger partial charge in [0.2, 0.25) is 0 Å². The lowest BCUT2D eigenvalue weighted by Crippen LogP contribution is -2.39. The molecule has 0 aliphatic heterocycles. The molecular formula is C18H23N3O2. The highest BCUT2D eigenvalue weighted by atomic mass is 16.5. The van der Waals surface area contributed by atoms with Gasteiger partial charge in [-0.2, -0.15) is 0 Å². The molecule has 2 rings (SSSR count). The number of carbonyl (C=O) groups is 1. The predicted molar refractivity (Wildman–Crippen MR) is 90.3 cm³/mol. The van der Waals surface area contributed by atoms with E-state index in [0.29, 0.717) is 6.54 Å². The average molecular weight is 313 g/mol. The molecule has 1 N–H and O–H groups in total. The van der Waals surface area contributed by atoms with E-state index in [1.165, 1.54) is 0 Å². The van der Waals surface area contributed by atoms with Gasteiger partial charge in [-0.3, -0.25) is 4.98 Å². The second kappa shape index (κ2) is 8.17. The van der Waals surface area contributed by atoms with E-state index in [2.05, 4.69) is 10.3 Å². The molecule has 1 aromatic heterocycles. The highest BCUT2D eigenvalue weighted by molar-refractivity contribution is 5.74. The van der Waals surface area contributed by atoms with Crippen molar-refractivity contribution in [1.82, 2.24) is 15.2 Å². The SMILES string of the molecule is CCC(NC(=O)N(C)Cc1ccccn1)c1ccc(OC)cc1. The van der Waals surface area contributed by atoms with Gasteiger partial charge in [0.15, 0.2) is 0 Å². The Kier molecular flexibility index (Phi) is 5.97. The van der Waals surface area contributed by atoms with Gasteiger partial charge in [0, 0.05) is 13.2 Å². The fourth-order valence-electron chi connectivity index (χ4n) is 2.32. The second-order valence-corrected chi connectivity index (χ2v) is 5.36. The summed E-state index contributed by atoms with van der Waals surface area (Å²) >= 11 is 0. The van der Waals surface area contributed by atoms with Crippen LogP contribution in [0.4, 0.5) is 4.79 Å². The molecular weight excluding hydrogens is 290 g/mol. The summed E-state index contributed by atoms with van der Waals surface area (Å²) in [4.78, 5) is 18.3. The minimum atomic E-state index is -0.113. The number of hydrogen-bond acceptors (Lipinski definition) is 3. The first-order valence-electron chi connectivity index (χ1n) is 7.69. The monoisotopic (exact) mass is 313 g/mol. The van der Waals surface area contributed by atoms with Crippen LogP contribution in [0.3, 0.4) is 0 Å². The summed E-state index contributed by atoms with van der Waals surface area (Å²) in [5, 5.41) is 3.06. The zero-order chi connectivity index (χ0) is 16.7. The molecule has 0 bridgehead atoms. The quantitative estimate of drug-likeness (QED) is 0.889. The number of methoxy groups -OCH3 is 1. The third-order valence-electron chi connectivity index (χ3n) is 3.70. The molecule has 122 valence electrons. The molecule has 0 aliphatic rings. The molecule has 1 unspecified atom stereocenters. The summed E-state index contributed by atoms with van der Waals surface area (Å²) in [6, 6.07) is 13.3. The van der Waals surface area contributed by atoms with Crippen LogP contribution in [0.1, 0.15) is 30.6 Å². The minimum Gasteiger partial charge on any atom is -0.497 e. The molecule has 1 atom stereocenters. The molecule has 23 heavy (non-hydrogen) atoms. The van der Waals surface area contributed by atoms with Crippen molar-refractivity contribution < 1.29 is 9.53 Å². The van der Waals surface area contributed by atoms with E-state index in [0.717, 1.165) is 23.4 Å². The fraction of sp³-hybridized carbons (Fsp3) is 0.333. The van der Waals surface area contributed by atoms with E-state index in [4.69, 9.17) is 4.74 Å². The Morgan fingerprint density at radius 3 is 2.57 bits per heavy atom. The van der Waals surface area contributed by atoms with Gasteiger partial charge < -0.3 is 15.0 Å². The number of ether oxygens (including phenoxy) is 1. The standard InChI is InChI=1S/C18H23N3O2/c1-4-17(14-8-10-16(23-3)11-9-14)20-18(22)21(2)13-15-7-5-6-12-19-15/h5-12,17H,4,13H2,1-3H3,(H,20,22). The number of hydrogen-bond donors (Lipinski definition) is 1. The number of aromatic nitrogens is 1. The molecule has 0 fully saturated rings. The molecule has 5 nitrogen and oxygen atoms in total. The predicted octanol–water partition coefficient (Wildman–Crippen LogP) is 3.38. The van der Waals surface area contributed by atoms with Crippen molar-refractivity contribution in [3.8, 4) is 5.75 Å². The maximum atomic E-state index is 12.4. The second-order valence-electron chi connectivity index (χ2n) is 5.36. The van der Waals surface area contributed by atoms with Gasteiger partial charge >= 0.3 is 6.03 Å². The lowest BCUT2D eigenvalue weighted by Gasteiger charge is -2.23. The summed E-state index contributed by atoms with van der Waals surface area (Å²) in [6.45, 7) is 2.53. The largest absolute Gasteiger partial charge is 0.497 e. The van der Waals surface area contributed by atoms with Gasteiger partial charge in [-0.15, -0.1) is 0 Å². The lowest BCUT2D eigenvalue weighted by molar-refractivity contribution is 0.201. The number of urea groups is 1. The van der Waals surface area contributed by atoms with Gasteiger partial charge in [-0.05, 0) is 36.2 Å². The van der Waals surface area contributed by atoms with E-state index in [-0.39, 0.29) is 12.1 Å². The van der Waals surface area contributed by atoms with Crippen LogP contribution < -0.4 is 10.1 Å². The van der Waals surface area contributed by atoms with E-state index in [1.54, 1.807) is 25.3 Å². The maximum Gasteiger partial charge on any atom is 0.317 e. The molecule has 2 aromatic rings. The molecule has 5 heteroatoms. The minimum absolute atomic E-state index is 0.0282. The van der Waals surface area contributed by atoms with Gasteiger partial charge in [0.1, 0.15) is 5.75 Å². The molecule has 0 radical (unpaired) electrons. The molecule has 0 saturated heterocycles. The van der Waals surface area contributed by atoms with Crippen LogP contribution in [0.15, 0.2) is 48.7 Å². The smallest absolute Gasteiger partial charge is 0.317 e. The third kappa shape index (κ3) is 4.71. The Morgan fingerprint density at radius 1 is 1.26 bits per heavy atom. The van der Waals surface area contributed by atoms with Crippen molar-refractivity contribution in [3.05, 3.63) is 59.9 Å². The number of nitrogens with one attached hydrogen (secondary N) is 1. The number of amides is 2. The van der Waals surface area contributed by atoms with E-state index in [9.17, 15) is 4.79 Å². The molecule has 1 heterocycles. The normalized spacial score (nSPS) is 11.6. The number of benzene rings is 1. The number of nitrogens with zero attached hydrogens (tertiary/aromatic N) is 2. The first kappa shape index (κ1) is 16.8. The molecule has 0 spiro atoms. The topological polar surface area (TPSA) is 54.5 Å². The summed E-state index contributed by atoms with van der Waals surface area (Å²) in [5.41, 5.74) is 1.93. The zero-order valence-corrected chi connectivity index (χ0v) is 13.8. The Labute approximate surface area is 137 Å². The lowest BCUT2D eigenvalue weighted by atomic mass is 10.0. The molecule has 2 amide bonds. The van der Waals surface area contributed by atoms with Crippen LogP contribution in [0, 0.1) is 0 Å². The van der Waals surface area contributed by atoms with Crippen LogP contribution in [-0.2, 0) is 6.54 Å². The van der Waals surface area contributed by atoms with Crippen LogP contribution in [-0.4, -0.2) is 30.1 Å². The van der Waals surface area contributed by atoms with Crippen LogP contribution in [0.2, 0.25) is 0 Å². The summed E-state index contributed by atoms with van der Waals surface area (Å²) < 4.78 is 5.17. The number of carbonyl (C=O) groups excluding carboxylic acids is 1. The Bertz CT molecular complexity index is 614. The zero-order valence-electron chi connectivity index (χ0n) is 13.8. The first-order chi connectivity index (χ1) is 11.1. The maximum absolute atomic E-state index is 12.4. The van der Waals surface area contributed by atoms with Gasteiger partial charge in [0.05, 0.1) is 25.4 Å². The van der Waals surface area contributed by atoms with Crippen LogP contribution in [0.5, 0.6) is 5.75 Å². The van der Waals surface area contributed by atoms with Gasteiger partial charge in [-0.25, -0.2) is 4.79 Å². The first-order valence-corrected chi connectivity index (χ1v) is 7.69. The van der Waals surface area contributed by atoms with Crippen LogP contribution in [0.25, 0.3) is 0 Å². The Hall–Kier alpha value is -2.56. The summed E-state index contributed by atoms with van der Waals surface area (Å²) in [5.74, 6) is 0.808.